The van der Waals surface area contributed by atoms with Gasteiger partial charge in [0, 0.05) is 12.1 Å². The van der Waals surface area contributed by atoms with E-state index < -0.39 is 0 Å². The number of amides is 1. The minimum atomic E-state index is -0.323. The molecule has 0 aromatic heterocycles. The highest BCUT2D eigenvalue weighted by Crippen LogP contribution is 2.52. The van der Waals surface area contributed by atoms with E-state index in [9.17, 15) is 4.79 Å². The summed E-state index contributed by atoms with van der Waals surface area (Å²) in [4.78, 5) is 12.0. The smallest absolute Gasteiger partial charge is 0.228 e. The second-order valence-electron chi connectivity index (χ2n) is 5.78. The number of nitrogens with one attached hydrogen (secondary N) is 1. The molecule has 2 bridgehead atoms. The number of rotatable bonds is 0. The topological polar surface area (TPSA) is 55.1 Å². The highest BCUT2D eigenvalue weighted by atomic mass is 16.2. The van der Waals surface area contributed by atoms with Crippen molar-refractivity contribution < 1.29 is 4.79 Å². The second-order valence-corrected chi connectivity index (χ2v) is 5.78. The number of hydrogen-bond acceptors (Lipinski definition) is 2. The summed E-state index contributed by atoms with van der Waals surface area (Å²) in [5.74, 6) is 0.181. The largest absolute Gasteiger partial charge is 0.353 e. The molecule has 0 unspecified atom stereocenters. The summed E-state index contributed by atoms with van der Waals surface area (Å²) in [7, 11) is 0. The molecule has 2 fully saturated rings. The molecule has 1 saturated carbocycles. The van der Waals surface area contributed by atoms with Crippen molar-refractivity contribution >= 4 is 5.91 Å². The van der Waals surface area contributed by atoms with Gasteiger partial charge in [-0.15, -0.1) is 0 Å². The van der Waals surface area contributed by atoms with E-state index in [2.05, 4.69) is 26.1 Å². The average molecular weight is 196 g/mol. The Hall–Kier alpha value is -0.570. The Labute approximate surface area is 85.4 Å². The van der Waals surface area contributed by atoms with Gasteiger partial charge in [-0.3, -0.25) is 4.79 Å². The van der Waals surface area contributed by atoms with Crippen molar-refractivity contribution in [2.75, 3.05) is 0 Å². The minimum absolute atomic E-state index is 0.0289. The van der Waals surface area contributed by atoms with Gasteiger partial charge in [0.05, 0.1) is 5.41 Å². The number of hydrogen-bond donors (Lipinski definition) is 2. The lowest BCUT2D eigenvalue weighted by Crippen LogP contribution is -2.55. The molecule has 1 saturated heterocycles. The number of nitrogens with two attached hydrogens (primary N) is 1. The predicted octanol–water partition coefficient (Wildman–Crippen LogP) is 1.03. The molecule has 1 aliphatic carbocycles. The van der Waals surface area contributed by atoms with Crippen LogP contribution < -0.4 is 11.1 Å². The summed E-state index contributed by atoms with van der Waals surface area (Å²) in [5.41, 5.74) is 5.81. The van der Waals surface area contributed by atoms with Crippen LogP contribution in [-0.2, 0) is 4.79 Å². The van der Waals surface area contributed by atoms with Gasteiger partial charge >= 0.3 is 0 Å². The summed E-state index contributed by atoms with van der Waals surface area (Å²) >= 11 is 0. The van der Waals surface area contributed by atoms with Crippen LogP contribution in [0.5, 0.6) is 0 Å². The van der Waals surface area contributed by atoms with E-state index in [0.717, 1.165) is 19.3 Å². The van der Waals surface area contributed by atoms with Crippen LogP contribution >= 0.6 is 0 Å². The Morgan fingerprint density at radius 3 is 2.57 bits per heavy atom. The van der Waals surface area contributed by atoms with Crippen LogP contribution in [0, 0.1) is 10.8 Å². The maximum absolute atomic E-state index is 12.0. The van der Waals surface area contributed by atoms with Crippen LogP contribution in [-0.4, -0.2) is 18.0 Å². The summed E-state index contributed by atoms with van der Waals surface area (Å²) in [6.45, 7) is 6.38. The monoisotopic (exact) mass is 196 g/mol. The van der Waals surface area contributed by atoms with Gasteiger partial charge in [0.2, 0.25) is 5.91 Å². The maximum atomic E-state index is 12.0. The van der Waals surface area contributed by atoms with Crippen LogP contribution in [0.4, 0.5) is 0 Å². The Balaban J connectivity index is 2.43. The first kappa shape index (κ1) is 9.97. The molecule has 80 valence electrons. The number of carbonyl (C=O) groups excluding carboxylic acids is 1. The van der Waals surface area contributed by atoms with Gasteiger partial charge in [-0.2, -0.15) is 0 Å². The van der Waals surface area contributed by atoms with Gasteiger partial charge in [-0.25, -0.2) is 0 Å². The standard InChI is InChI=1S/C11H20N2O/c1-10(2,3)11-6-7(13-9(11)14)4-5-8(11)12/h7-8H,4-6,12H2,1-3H3,(H,13,14)/t7-,8+,11-/m1/s1. The molecule has 14 heavy (non-hydrogen) atoms. The third-order valence-corrected chi connectivity index (χ3v) is 4.11. The van der Waals surface area contributed by atoms with Crippen molar-refractivity contribution in [2.45, 2.75) is 52.1 Å². The van der Waals surface area contributed by atoms with Gasteiger partial charge in [0.1, 0.15) is 0 Å². The van der Waals surface area contributed by atoms with Gasteiger partial charge in [-0.05, 0) is 24.7 Å². The Morgan fingerprint density at radius 2 is 2.07 bits per heavy atom. The lowest BCUT2D eigenvalue weighted by Gasteiger charge is -2.45. The van der Waals surface area contributed by atoms with E-state index in [1.807, 2.05) is 0 Å². The zero-order valence-electron chi connectivity index (χ0n) is 9.26. The van der Waals surface area contributed by atoms with E-state index in [0.29, 0.717) is 6.04 Å². The number of fused-ring (bicyclic) bond motifs is 2. The second kappa shape index (κ2) is 2.72. The van der Waals surface area contributed by atoms with Gasteiger partial charge in [0.25, 0.3) is 0 Å². The van der Waals surface area contributed by atoms with Gasteiger partial charge in [-0.1, -0.05) is 20.8 Å². The number of carbonyl (C=O) groups is 1. The first-order chi connectivity index (χ1) is 6.38. The molecule has 1 amide bonds. The molecule has 1 heterocycles. The molecular formula is C11H20N2O. The highest BCUT2D eigenvalue weighted by Gasteiger charge is 2.59. The fraction of sp³-hybridized carbons (Fsp3) is 0.909. The zero-order valence-corrected chi connectivity index (χ0v) is 9.26. The summed E-state index contributed by atoms with van der Waals surface area (Å²) in [5, 5.41) is 3.07. The van der Waals surface area contributed by atoms with Crippen LogP contribution in [0.1, 0.15) is 40.0 Å². The Morgan fingerprint density at radius 1 is 1.43 bits per heavy atom. The van der Waals surface area contributed by atoms with Crippen LogP contribution in [0.3, 0.4) is 0 Å². The summed E-state index contributed by atoms with van der Waals surface area (Å²) in [6, 6.07) is 0.405. The SMILES string of the molecule is CC(C)(C)[C@]12C[C@@H](CC[C@@H]1N)NC2=O. The van der Waals surface area contributed by atoms with E-state index in [-0.39, 0.29) is 22.8 Å². The third-order valence-electron chi connectivity index (χ3n) is 4.11. The zero-order chi connectivity index (χ0) is 10.6. The summed E-state index contributed by atoms with van der Waals surface area (Å²) < 4.78 is 0. The van der Waals surface area contributed by atoms with E-state index >= 15 is 0 Å². The lowest BCUT2D eigenvalue weighted by molar-refractivity contribution is -0.135. The molecule has 2 rings (SSSR count). The van der Waals surface area contributed by atoms with E-state index in [1.54, 1.807) is 0 Å². The highest BCUT2D eigenvalue weighted by molar-refractivity contribution is 5.87. The Bertz CT molecular complexity index is 269. The molecule has 2 aliphatic rings. The van der Waals surface area contributed by atoms with Crippen LogP contribution in [0.15, 0.2) is 0 Å². The fourth-order valence-corrected chi connectivity index (χ4v) is 3.17. The van der Waals surface area contributed by atoms with Crippen LogP contribution in [0.25, 0.3) is 0 Å². The average Bonchev–Trinajstić information content (AvgIpc) is 2.33. The van der Waals surface area contributed by atoms with Crippen molar-refractivity contribution in [1.29, 1.82) is 0 Å². The van der Waals surface area contributed by atoms with Gasteiger partial charge in [0.15, 0.2) is 0 Å². The van der Waals surface area contributed by atoms with Crippen molar-refractivity contribution in [3.05, 3.63) is 0 Å². The summed E-state index contributed by atoms with van der Waals surface area (Å²) in [6.07, 6.45) is 2.95. The van der Waals surface area contributed by atoms with E-state index in [4.69, 9.17) is 5.73 Å². The molecule has 3 heteroatoms. The van der Waals surface area contributed by atoms with Crippen molar-refractivity contribution in [3.8, 4) is 0 Å². The molecule has 0 radical (unpaired) electrons. The molecule has 1 aliphatic heterocycles. The molecule has 0 aromatic carbocycles. The molecule has 3 N–H and O–H groups in total. The first-order valence-corrected chi connectivity index (χ1v) is 5.44. The van der Waals surface area contributed by atoms with E-state index in [1.165, 1.54) is 0 Å². The quantitative estimate of drug-likeness (QED) is 0.608. The molecule has 3 atom stereocenters. The normalized spacial score (nSPS) is 42.4. The predicted molar refractivity (Wildman–Crippen MR) is 55.6 cm³/mol. The first-order valence-electron chi connectivity index (χ1n) is 5.44. The van der Waals surface area contributed by atoms with Crippen molar-refractivity contribution in [1.82, 2.24) is 5.32 Å². The molecule has 0 aromatic rings. The minimum Gasteiger partial charge on any atom is -0.353 e. The fourth-order valence-electron chi connectivity index (χ4n) is 3.17. The maximum Gasteiger partial charge on any atom is 0.228 e. The third kappa shape index (κ3) is 1.05. The van der Waals surface area contributed by atoms with Crippen LogP contribution in [0.2, 0.25) is 0 Å². The molecular weight excluding hydrogens is 176 g/mol. The van der Waals surface area contributed by atoms with Gasteiger partial charge < -0.3 is 11.1 Å². The molecule has 0 spiro atoms. The van der Waals surface area contributed by atoms with Crippen molar-refractivity contribution in [2.24, 2.45) is 16.6 Å². The van der Waals surface area contributed by atoms with Crippen molar-refractivity contribution in [3.63, 3.8) is 0 Å². The molecule has 3 nitrogen and oxygen atoms in total. The Kier molecular flexibility index (Phi) is 1.94. The lowest BCUT2D eigenvalue weighted by atomic mass is 9.58.